The van der Waals surface area contributed by atoms with Crippen molar-refractivity contribution < 1.29 is 19.1 Å². The lowest BCUT2D eigenvalue weighted by molar-refractivity contribution is -0.134. The zero-order valence-corrected chi connectivity index (χ0v) is 31.7. The number of likely N-dealkylation sites (tertiary alicyclic amines) is 2. The van der Waals surface area contributed by atoms with Crippen LogP contribution in [0.2, 0.25) is 5.02 Å². The van der Waals surface area contributed by atoms with Gasteiger partial charge in [-0.15, -0.1) is 0 Å². The van der Waals surface area contributed by atoms with Crippen molar-refractivity contribution in [3.8, 4) is 33.6 Å². The molecule has 2 saturated heterocycles. The van der Waals surface area contributed by atoms with Gasteiger partial charge in [-0.05, 0) is 71.2 Å². The van der Waals surface area contributed by atoms with Crippen LogP contribution in [0.15, 0.2) is 116 Å². The van der Waals surface area contributed by atoms with Crippen molar-refractivity contribution in [2.75, 3.05) is 20.2 Å². The second-order valence-corrected chi connectivity index (χ2v) is 14.7. The summed E-state index contributed by atoms with van der Waals surface area (Å²) in [6.45, 7) is 1.28. The molecule has 56 heavy (non-hydrogen) atoms. The van der Waals surface area contributed by atoms with E-state index in [2.05, 4.69) is 63.8 Å². The lowest BCUT2D eigenvalue weighted by Gasteiger charge is -2.28. The molecular weight excluding hydrogens is 726 g/mol. The van der Waals surface area contributed by atoms with Crippen molar-refractivity contribution in [3.05, 3.63) is 143 Å². The fourth-order valence-electron chi connectivity index (χ4n) is 7.81. The highest BCUT2D eigenvalue weighted by Gasteiger charge is 2.37. The number of carbonyl (C=O) groups excluding carboxylic acids is 3. The molecular formula is C44H42ClN7O4. The van der Waals surface area contributed by atoms with E-state index in [0.29, 0.717) is 29.4 Å². The Morgan fingerprint density at radius 2 is 1.25 bits per heavy atom. The van der Waals surface area contributed by atoms with Gasteiger partial charge in [-0.25, -0.2) is 14.8 Å². The number of nitrogens with zero attached hydrogens (tertiary/aromatic N) is 4. The summed E-state index contributed by atoms with van der Waals surface area (Å²) in [5.74, 6) is 1.40. The maximum absolute atomic E-state index is 13.9. The van der Waals surface area contributed by atoms with Gasteiger partial charge in [0.05, 0.1) is 49.4 Å². The predicted molar refractivity (Wildman–Crippen MR) is 214 cm³/mol. The van der Waals surface area contributed by atoms with E-state index in [-0.39, 0.29) is 23.9 Å². The monoisotopic (exact) mass is 767 g/mol. The SMILES string of the molecule is COC(=O)N[C@@H](C(=O)N1CCC[C@H]1c1ncc(-c2ccc(-c3ccc(-c4cnc([C@@H]5CCCN5C(=O)Cc5ccc(Cl)cc5)[nH]4)cc3)cc2)[nH]1)c1ccccc1. The second kappa shape index (κ2) is 16.3. The van der Waals surface area contributed by atoms with E-state index in [1.165, 1.54) is 7.11 Å². The average Bonchev–Trinajstić information content (AvgIpc) is 4.08. The number of rotatable bonds is 10. The summed E-state index contributed by atoms with van der Waals surface area (Å²) in [6.07, 6.45) is 6.73. The normalized spacial score (nSPS) is 17.2. The van der Waals surface area contributed by atoms with Crippen LogP contribution in [-0.4, -0.2) is 67.8 Å². The molecule has 0 saturated carbocycles. The number of hydrogen-bond acceptors (Lipinski definition) is 6. The Bertz CT molecular complexity index is 2310. The number of halogens is 1. The Kier molecular flexibility index (Phi) is 10.7. The van der Waals surface area contributed by atoms with Crippen LogP contribution in [0.5, 0.6) is 0 Å². The number of imidazole rings is 2. The van der Waals surface area contributed by atoms with Crippen molar-refractivity contribution in [3.63, 3.8) is 0 Å². The number of alkyl carbamates (subject to hydrolysis) is 1. The highest BCUT2D eigenvalue weighted by Crippen LogP contribution is 2.35. The smallest absolute Gasteiger partial charge is 0.407 e. The minimum absolute atomic E-state index is 0.0748. The van der Waals surface area contributed by atoms with E-state index in [4.69, 9.17) is 26.3 Å². The van der Waals surface area contributed by atoms with E-state index in [0.717, 1.165) is 77.3 Å². The number of aromatic amines is 2. The van der Waals surface area contributed by atoms with Gasteiger partial charge in [-0.3, -0.25) is 9.59 Å². The van der Waals surface area contributed by atoms with Gasteiger partial charge in [-0.1, -0.05) is 103 Å². The number of ether oxygens (including phenoxy) is 1. The van der Waals surface area contributed by atoms with Crippen molar-refractivity contribution in [1.29, 1.82) is 0 Å². The number of benzene rings is 4. The molecule has 6 aromatic rings. The van der Waals surface area contributed by atoms with Crippen LogP contribution in [-0.2, 0) is 20.7 Å². The summed E-state index contributed by atoms with van der Waals surface area (Å²) in [7, 11) is 1.28. The number of H-pyrrole nitrogens is 2. The molecule has 8 rings (SSSR count). The third-order valence-electron chi connectivity index (χ3n) is 10.8. The topological polar surface area (TPSA) is 136 Å². The van der Waals surface area contributed by atoms with E-state index in [9.17, 15) is 14.4 Å². The van der Waals surface area contributed by atoms with Crippen LogP contribution in [0.3, 0.4) is 0 Å². The Morgan fingerprint density at radius 1 is 0.732 bits per heavy atom. The molecule has 11 nitrogen and oxygen atoms in total. The fourth-order valence-corrected chi connectivity index (χ4v) is 7.93. The summed E-state index contributed by atoms with van der Waals surface area (Å²) in [5, 5.41) is 3.37. The molecule has 4 aromatic carbocycles. The molecule has 0 spiro atoms. The molecule has 0 radical (unpaired) electrons. The quantitative estimate of drug-likeness (QED) is 0.128. The van der Waals surface area contributed by atoms with Gasteiger partial charge in [0.25, 0.3) is 5.91 Å². The Hall–Kier alpha value is -6.20. The molecule has 284 valence electrons. The van der Waals surface area contributed by atoms with E-state index in [1.807, 2.05) is 65.7 Å². The third-order valence-corrected chi connectivity index (χ3v) is 11.0. The zero-order chi connectivity index (χ0) is 38.6. The molecule has 2 aliphatic rings. The largest absolute Gasteiger partial charge is 0.453 e. The maximum Gasteiger partial charge on any atom is 0.407 e. The number of methoxy groups -OCH3 is 1. The first-order valence-corrected chi connectivity index (χ1v) is 19.3. The van der Waals surface area contributed by atoms with E-state index in [1.54, 1.807) is 11.1 Å². The van der Waals surface area contributed by atoms with Crippen molar-refractivity contribution in [2.24, 2.45) is 0 Å². The van der Waals surface area contributed by atoms with E-state index >= 15 is 0 Å². The van der Waals surface area contributed by atoms with Crippen LogP contribution in [0.25, 0.3) is 33.6 Å². The summed E-state index contributed by atoms with van der Waals surface area (Å²) in [6, 6.07) is 32.1. The first-order chi connectivity index (χ1) is 27.3. The number of hydrogen-bond donors (Lipinski definition) is 3. The van der Waals surface area contributed by atoms with Crippen LogP contribution in [0.1, 0.15) is 66.6 Å². The second-order valence-electron chi connectivity index (χ2n) is 14.2. The van der Waals surface area contributed by atoms with Gasteiger partial charge in [0.1, 0.15) is 17.7 Å². The molecule has 4 heterocycles. The third kappa shape index (κ3) is 7.81. The van der Waals surface area contributed by atoms with Gasteiger partial charge < -0.3 is 29.8 Å². The highest BCUT2D eigenvalue weighted by atomic mass is 35.5. The fraction of sp³-hybridized carbons (Fsp3) is 0.250. The standard InChI is InChI=1S/C44H42ClN7O4/c1-56-44(55)50-40(33-7-3-2-4-8-33)43(54)52-24-6-10-38(52)42-47-27-36(49-42)32-19-15-30(16-20-32)29-13-17-31(18-14-29)35-26-46-41(48-35)37-9-5-23-51(37)39(53)25-28-11-21-34(45)22-12-28/h2-4,7-8,11-22,26-27,37-38,40H,5-6,9-10,23-25H2,1H3,(H,46,48)(H,47,49)(H,50,55)/t37-,38-,40+/m0/s1. The molecule has 0 bridgehead atoms. The number of amides is 3. The molecule has 3 N–H and O–H groups in total. The van der Waals surface area contributed by atoms with Crippen molar-refractivity contribution >= 4 is 29.5 Å². The minimum atomic E-state index is -0.871. The highest BCUT2D eigenvalue weighted by molar-refractivity contribution is 6.30. The minimum Gasteiger partial charge on any atom is -0.453 e. The lowest BCUT2D eigenvalue weighted by Crippen LogP contribution is -2.42. The molecule has 3 amide bonds. The van der Waals surface area contributed by atoms with Gasteiger partial charge in [-0.2, -0.15) is 0 Å². The van der Waals surface area contributed by atoms with Crippen LogP contribution in [0.4, 0.5) is 4.79 Å². The van der Waals surface area contributed by atoms with Gasteiger partial charge in [0, 0.05) is 18.1 Å². The van der Waals surface area contributed by atoms with Crippen LogP contribution >= 0.6 is 11.6 Å². The first kappa shape index (κ1) is 36.8. The molecule has 12 heteroatoms. The molecule has 3 atom stereocenters. The Morgan fingerprint density at radius 3 is 1.80 bits per heavy atom. The predicted octanol–water partition coefficient (Wildman–Crippen LogP) is 8.45. The molecule has 0 aliphatic carbocycles. The van der Waals surface area contributed by atoms with E-state index < -0.39 is 12.1 Å². The molecule has 0 unspecified atom stereocenters. The van der Waals surface area contributed by atoms with Gasteiger partial charge in [0.2, 0.25) is 5.91 Å². The number of aromatic nitrogens is 4. The Balaban J connectivity index is 0.917. The number of nitrogens with one attached hydrogen (secondary N) is 3. The average molecular weight is 768 g/mol. The molecule has 2 aliphatic heterocycles. The summed E-state index contributed by atoms with van der Waals surface area (Å²) >= 11 is 6.03. The first-order valence-electron chi connectivity index (χ1n) is 18.9. The van der Waals surface area contributed by atoms with Gasteiger partial charge >= 0.3 is 6.09 Å². The Labute approximate surface area is 330 Å². The van der Waals surface area contributed by atoms with Crippen molar-refractivity contribution in [1.82, 2.24) is 35.1 Å². The van der Waals surface area contributed by atoms with Crippen LogP contribution < -0.4 is 5.32 Å². The van der Waals surface area contributed by atoms with Crippen molar-refractivity contribution in [2.45, 2.75) is 50.2 Å². The maximum atomic E-state index is 13.9. The van der Waals surface area contributed by atoms with Crippen LogP contribution in [0, 0.1) is 0 Å². The zero-order valence-electron chi connectivity index (χ0n) is 31.0. The van der Waals surface area contributed by atoms with Gasteiger partial charge in [0.15, 0.2) is 0 Å². The summed E-state index contributed by atoms with van der Waals surface area (Å²) in [5.41, 5.74) is 7.54. The molecule has 2 aromatic heterocycles. The molecule has 2 fully saturated rings. The summed E-state index contributed by atoms with van der Waals surface area (Å²) in [4.78, 5) is 59.4. The summed E-state index contributed by atoms with van der Waals surface area (Å²) < 4.78 is 4.82. The lowest BCUT2D eigenvalue weighted by atomic mass is 10.0. The number of carbonyl (C=O) groups is 3.